The van der Waals surface area contributed by atoms with Crippen LogP contribution in [0.1, 0.15) is 9.67 Å². The predicted octanol–water partition coefficient (Wildman–Crippen LogP) is 1.99. The molecule has 1 aromatic rings. The molecule has 1 fully saturated rings. The molecule has 1 aromatic heterocycles. The van der Waals surface area contributed by atoms with Crippen molar-refractivity contribution in [2.45, 2.75) is 9.59 Å². The van der Waals surface area contributed by atoms with E-state index in [1.807, 2.05) is 0 Å². The highest BCUT2D eigenvalue weighted by Crippen LogP contribution is 2.34. The van der Waals surface area contributed by atoms with Gasteiger partial charge in [0.05, 0.1) is 18.5 Å². The molecule has 2 heterocycles. The predicted molar refractivity (Wildman–Crippen MR) is 54.5 cm³/mol. The van der Waals surface area contributed by atoms with Crippen molar-refractivity contribution in [2.75, 3.05) is 13.2 Å². The number of halogens is 1. The average Bonchev–Trinajstić information content (AvgIpc) is 2.39. The van der Waals surface area contributed by atoms with Crippen molar-refractivity contribution in [1.29, 1.82) is 0 Å². The van der Waals surface area contributed by atoms with Gasteiger partial charge in [-0.15, -0.1) is 0 Å². The highest BCUT2D eigenvalue weighted by Gasteiger charge is 2.23. The van der Waals surface area contributed by atoms with E-state index in [9.17, 15) is 4.79 Å². The van der Waals surface area contributed by atoms with Crippen LogP contribution in [0.5, 0.6) is 0 Å². The zero-order valence-electron chi connectivity index (χ0n) is 6.90. The van der Waals surface area contributed by atoms with Gasteiger partial charge in [-0.25, -0.2) is 9.78 Å². The van der Waals surface area contributed by atoms with Crippen LogP contribution in [-0.2, 0) is 4.74 Å². The molecule has 0 spiro atoms. The van der Waals surface area contributed by atoms with Crippen LogP contribution in [0.15, 0.2) is 4.34 Å². The maximum Gasteiger partial charge on any atom is 0.349 e. The summed E-state index contributed by atoms with van der Waals surface area (Å²) in [5.41, 5.74) is 0. The quantitative estimate of drug-likeness (QED) is 0.890. The Balaban J connectivity index is 2.10. The van der Waals surface area contributed by atoms with Crippen LogP contribution in [0.2, 0.25) is 5.15 Å². The van der Waals surface area contributed by atoms with Crippen LogP contribution in [0.4, 0.5) is 0 Å². The molecule has 7 heteroatoms. The van der Waals surface area contributed by atoms with Crippen LogP contribution in [0.25, 0.3) is 0 Å². The van der Waals surface area contributed by atoms with E-state index < -0.39 is 5.97 Å². The summed E-state index contributed by atoms with van der Waals surface area (Å²) in [7, 11) is 0. The molecule has 0 unspecified atom stereocenters. The second-order valence-corrected chi connectivity index (χ2v) is 5.59. The minimum absolute atomic E-state index is 0.0743. The van der Waals surface area contributed by atoms with Crippen LogP contribution >= 0.6 is 34.7 Å². The van der Waals surface area contributed by atoms with Crippen LogP contribution in [0.3, 0.4) is 0 Å². The van der Waals surface area contributed by atoms with Gasteiger partial charge in [-0.1, -0.05) is 34.7 Å². The summed E-state index contributed by atoms with van der Waals surface area (Å²) in [5.74, 6) is -1.02. The minimum Gasteiger partial charge on any atom is -0.477 e. The monoisotopic (exact) mass is 251 g/mol. The molecule has 1 N–H and O–H groups in total. The van der Waals surface area contributed by atoms with Gasteiger partial charge in [0.25, 0.3) is 0 Å². The topological polar surface area (TPSA) is 59.4 Å². The first kappa shape index (κ1) is 10.2. The molecule has 14 heavy (non-hydrogen) atoms. The number of carbonyl (C=O) groups is 1. The molecule has 76 valence electrons. The lowest BCUT2D eigenvalue weighted by molar-refractivity contribution is 0.0455. The third kappa shape index (κ3) is 2.03. The molecule has 0 radical (unpaired) electrons. The van der Waals surface area contributed by atoms with Gasteiger partial charge in [0.1, 0.15) is 0 Å². The summed E-state index contributed by atoms with van der Waals surface area (Å²) >= 11 is 8.29. The van der Waals surface area contributed by atoms with Crippen molar-refractivity contribution in [3.63, 3.8) is 0 Å². The molecule has 0 atom stereocenters. The number of aromatic nitrogens is 1. The third-order valence-electron chi connectivity index (χ3n) is 1.64. The highest BCUT2D eigenvalue weighted by molar-refractivity contribution is 8.01. The van der Waals surface area contributed by atoms with E-state index in [-0.39, 0.29) is 10.0 Å². The fraction of sp³-hybridized carbons (Fsp3) is 0.429. The van der Waals surface area contributed by atoms with E-state index in [0.29, 0.717) is 22.8 Å². The number of nitrogens with zero attached hydrogens (tertiary/aromatic N) is 1. The fourth-order valence-corrected chi connectivity index (χ4v) is 3.41. The van der Waals surface area contributed by atoms with Gasteiger partial charge in [-0.2, -0.15) is 0 Å². The number of carboxylic acid groups (broad SMARTS) is 1. The lowest BCUT2D eigenvalue weighted by Crippen LogP contribution is -2.29. The molecule has 0 amide bonds. The van der Waals surface area contributed by atoms with Gasteiger partial charge >= 0.3 is 5.97 Å². The highest BCUT2D eigenvalue weighted by atomic mass is 35.5. The average molecular weight is 252 g/mol. The molecule has 0 bridgehead atoms. The van der Waals surface area contributed by atoms with Crippen LogP contribution in [0, 0.1) is 0 Å². The fourth-order valence-electron chi connectivity index (χ4n) is 0.890. The van der Waals surface area contributed by atoms with E-state index in [2.05, 4.69) is 4.98 Å². The Kier molecular flexibility index (Phi) is 2.96. The molecule has 0 aromatic carbocycles. The van der Waals surface area contributed by atoms with E-state index in [1.54, 1.807) is 0 Å². The Morgan fingerprint density at radius 3 is 2.86 bits per heavy atom. The van der Waals surface area contributed by atoms with E-state index in [0.717, 1.165) is 11.3 Å². The minimum atomic E-state index is -1.02. The van der Waals surface area contributed by atoms with E-state index in [4.69, 9.17) is 21.4 Å². The second-order valence-electron chi connectivity index (χ2n) is 2.68. The Bertz CT molecular complexity index is 364. The number of rotatable bonds is 3. The zero-order chi connectivity index (χ0) is 10.1. The van der Waals surface area contributed by atoms with Crippen molar-refractivity contribution < 1.29 is 14.6 Å². The summed E-state index contributed by atoms with van der Waals surface area (Å²) < 4.78 is 5.69. The summed E-state index contributed by atoms with van der Waals surface area (Å²) in [6.45, 7) is 1.40. The molecule has 2 rings (SSSR count). The maximum absolute atomic E-state index is 10.7. The zero-order valence-corrected chi connectivity index (χ0v) is 9.29. The van der Waals surface area contributed by atoms with Crippen LogP contribution in [-0.4, -0.2) is 34.5 Å². The molecular weight excluding hydrogens is 246 g/mol. The first-order chi connectivity index (χ1) is 6.66. The van der Waals surface area contributed by atoms with Gasteiger partial charge in [0.15, 0.2) is 14.4 Å². The lowest BCUT2D eigenvalue weighted by Gasteiger charge is -2.23. The van der Waals surface area contributed by atoms with Gasteiger partial charge < -0.3 is 9.84 Å². The normalized spacial score (nSPS) is 16.6. The first-order valence-electron chi connectivity index (χ1n) is 3.81. The molecule has 0 saturated carbocycles. The summed E-state index contributed by atoms with van der Waals surface area (Å²) in [4.78, 5) is 14.7. The lowest BCUT2D eigenvalue weighted by atomic mass is 10.4. The van der Waals surface area contributed by atoms with Gasteiger partial charge in [-0.3, -0.25) is 0 Å². The SMILES string of the molecule is O=C(O)c1sc(SC2COC2)nc1Cl. The van der Waals surface area contributed by atoms with Crippen molar-refractivity contribution in [3.8, 4) is 0 Å². The molecule has 4 nitrogen and oxygen atoms in total. The molecule has 1 aliphatic heterocycles. The molecular formula is C7H6ClNO3S2. The Hall–Kier alpha value is -0.300. The number of thiazole rings is 1. The van der Waals surface area contributed by atoms with Gasteiger partial charge in [0.2, 0.25) is 0 Å². The van der Waals surface area contributed by atoms with Gasteiger partial charge in [-0.05, 0) is 0 Å². The standard InChI is InChI=1S/C7H6ClNO3S2/c8-5-4(6(10)11)14-7(9-5)13-3-1-12-2-3/h3H,1-2H2,(H,10,11). The van der Waals surface area contributed by atoms with Crippen molar-refractivity contribution in [1.82, 2.24) is 4.98 Å². The van der Waals surface area contributed by atoms with Gasteiger partial charge in [0, 0.05) is 0 Å². The van der Waals surface area contributed by atoms with E-state index in [1.165, 1.54) is 11.8 Å². The first-order valence-corrected chi connectivity index (χ1v) is 5.88. The van der Waals surface area contributed by atoms with Crippen LogP contribution < -0.4 is 0 Å². The van der Waals surface area contributed by atoms with E-state index >= 15 is 0 Å². The number of ether oxygens (including phenoxy) is 1. The van der Waals surface area contributed by atoms with Crippen molar-refractivity contribution in [2.24, 2.45) is 0 Å². The number of hydrogen-bond acceptors (Lipinski definition) is 5. The third-order valence-corrected chi connectivity index (χ3v) is 4.30. The Morgan fingerprint density at radius 2 is 2.43 bits per heavy atom. The molecule has 0 aliphatic carbocycles. The Labute approximate surface area is 93.2 Å². The summed E-state index contributed by atoms with van der Waals surface area (Å²) in [6, 6.07) is 0. The smallest absolute Gasteiger partial charge is 0.349 e. The molecule has 1 aliphatic rings. The summed E-state index contributed by atoms with van der Waals surface area (Å²) in [5, 5.41) is 9.20. The molecule has 1 saturated heterocycles. The Morgan fingerprint density at radius 1 is 1.71 bits per heavy atom. The maximum atomic E-state index is 10.7. The summed E-state index contributed by atoms with van der Waals surface area (Å²) in [6.07, 6.45) is 0. The number of aromatic carboxylic acids is 1. The van der Waals surface area contributed by atoms with Crippen molar-refractivity contribution >= 4 is 40.7 Å². The second kappa shape index (κ2) is 4.06. The number of carboxylic acids is 1. The largest absolute Gasteiger partial charge is 0.477 e. The number of thioether (sulfide) groups is 1. The number of hydrogen-bond donors (Lipinski definition) is 1. The van der Waals surface area contributed by atoms with Crippen molar-refractivity contribution in [3.05, 3.63) is 10.0 Å².